The number of anilines is 1. The number of carbonyl (C=O) groups is 2. The number of aryl methyl sites for hydroxylation is 1. The van der Waals surface area contributed by atoms with Gasteiger partial charge in [0.2, 0.25) is 0 Å². The standard InChI is InChI=1S/C20H21BrN2O3/c1-14-12-17(8-9-18(14)21)26-13-19(24)22-16-6-4-15(5-7-16)20(25)23-10-2-3-11-23/h4-9,12H,2-3,10-11,13H2,1H3,(H,22,24). The molecule has 1 heterocycles. The molecule has 0 radical (unpaired) electrons. The van der Waals surface area contributed by atoms with Crippen LogP contribution in [0.3, 0.4) is 0 Å². The number of nitrogens with one attached hydrogen (secondary N) is 1. The molecule has 0 bridgehead atoms. The van der Waals surface area contributed by atoms with Gasteiger partial charge in [-0.1, -0.05) is 15.9 Å². The van der Waals surface area contributed by atoms with Gasteiger partial charge in [-0.15, -0.1) is 0 Å². The SMILES string of the molecule is Cc1cc(OCC(=O)Nc2ccc(C(=O)N3CCCC3)cc2)ccc1Br. The number of halogens is 1. The first-order valence-corrected chi connectivity index (χ1v) is 9.40. The average molecular weight is 417 g/mol. The molecule has 6 heteroatoms. The second kappa shape index (κ2) is 8.36. The van der Waals surface area contributed by atoms with E-state index in [1.807, 2.05) is 30.0 Å². The van der Waals surface area contributed by atoms with Gasteiger partial charge >= 0.3 is 0 Å². The van der Waals surface area contributed by atoms with Crippen molar-refractivity contribution in [3.8, 4) is 5.75 Å². The molecule has 1 aliphatic heterocycles. The number of hydrogen-bond acceptors (Lipinski definition) is 3. The number of benzene rings is 2. The van der Waals surface area contributed by atoms with Crippen LogP contribution in [0.4, 0.5) is 5.69 Å². The molecule has 5 nitrogen and oxygen atoms in total. The number of amides is 2. The van der Waals surface area contributed by atoms with Crippen molar-refractivity contribution in [3.05, 3.63) is 58.1 Å². The Labute approximate surface area is 161 Å². The van der Waals surface area contributed by atoms with Gasteiger partial charge in [-0.05, 0) is 67.8 Å². The number of hydrogen-bond donors (Lipinski definition) is 1. The minimum Gasteiger partial charge on any atom is -0.484 e. The molecule has 136 valence electrons. The molecule has 0 spiro atoms. The lowest BCUT2D eigenvalue weighted by atomic mass is 10.2. The molecule has 0 atom stereocenters. The van der Waals surface area contributed by atoms with Crippen molar-refractivity contribution in [3.63, 3.8) is 0 Å². The highest BCUT2D eigenvalue weighted by Crippen LogP contribution is 2.21. The highest BCUT2D eigenvalue weighted by atomic mass is 79.9. The summed E-state index contributed by atoms with van der Waals surface area (Å²) in [7, 11) is 0. The largest absolute Gasteiger partial charge is 0.484 e. The van der Waals surface area contributed by atoms with E-state index in [0.717, 1.165) is 36.0 Å². The van der Waals surface area contributed by atoms with E-state index in [0.29, 0.717) is 17.0 Å². The van der Waals surface area contributed by atoms with Crippen molar-refractivity contribution in [2.24, 2.45) is 0 Å². The molecule has 2 aromatic carbocycles. The molecule has 2 amide bonds. The van der Waals surface area contributed by atoms with E-state index in [9.17, 15) is 9.59 Å². The molecule has 3 rings (SSSR count). The lowest BCUT2D eigenvalue weighted by Crippen LogP contribution is -2.27. The summed E-state index contributed by atoms with van der Waals surface area (Å²) in [5.74, 6) is 0.450. The van der Waals surface area contributed by atoms with E-state index in [4.69, 9.17) is 4.74 Å². The third-order valence-electron chi connectivity index (χ3n) is 4.31. The van der Waals surface area contributed by atoms with Crippen LogP contribution in [-0.2, 0) is 4.79 Å². The van der Waals surface area contributed by atoms with E-state index in [1.165, 1.54) is 0 Å². The predicted octanol–water partition coefficient (Wildman–Crippen LogP) is 4.01. The van der Waals surface area contributed by atoms with Crippen LogP contribution in [0.2, 0.25) is 0 Å². The quantitative estimate of drug-likeness (QED) is 0.800. The van der Waals surface area contributed by atoms with Crippen LogP contribution in [0, 0.1) is 6.92 Å². The third-order valence-corrected chi connectivity index (χ3v) is 5.20. The monoisotopic (exact) mass is 416 g/mol. The van der Waals surface area contributed by atoms with Gasteiger partial charge in [0.25, 0.3) is 11.8 Å². The zero-order chi connectivity index (χ0) is 18.5. The fourth-order valence-electron chi connectivity index (χ4n) is 2.85. The lowest BCUT2D eigenvalue weighted by molar-refractivity contribution is -0.118. The lowest BCUT2D eigenvalue weighted by Gasteiger charge is -2.15. The topological polar surface area (TPSA) is 58.6 Å². The van der Waals surface area contributed by atoms with E-state index in [2.05, 4.69) is 21.2 Å². The van der Waals surface area contributed by atoms with Crippen LogP contribution in [-0.4, -0.2) is 36.4 Å². The Morgan fingerprint density at radius 2 is 1.81 bits per heavy atom. The summed E-state index contributed by atoms with van der Waals surface area (Å²) in [6.45, 7) is 3.53. The second-order valence-corrected chi connectivity index (χ2v) is 7.18. The maximum absolute atomic E-state index is 12.3. The Bertz CT molecular complexity index is 799. The highest BCUT2D eigenvalue weighted by Gasteiger charge is 2.19. The second-order valence-electron chi connectivity index (χ2n) is 6.32. The van der Waals surface area contributed by atoms with E-state index < -0.39 is 0 Å². The highest BCUT2D eigenvalue weighted by molar-refractivity contribution is 9.10. The first kappa shape index (κ1) is 18.5. The van der Waals surface area contributed by atoms with E-state index >= 15 is 0 Å². The molecule has 0 aromatic heterocycles. The van der Waals surface area contributed by atoms with Gasteiger partial charge in [-0.3, -0.25) is 9.59 Å². The fourth-order valence-corrected chi connectivity index (χ4v) is 3.10. The van der Waals surface area contributed by atoms with Crippen LogP contribution in [0.25, 0.3) is 0 Å². The van der Waals surface area contributed by atoms with Gasteiger partial charge < -0.3 is 15.0 Å². The summed E-state index contributed by atoms with van der Waals surface area (Å²) in [5.41, 5.74) is 2.33. The van der Waals surface area contributed by atoms with Crippen molar-refractivity contribution in [1.29, 1.82) is 0 Å². The third kappa shape index (κ3) is 4.64. The molecule has 1 aliphatic rings. The number of rotatable bonds is 5. The van der Waals surface area contributed by atoms with Gasteiger partial charge in [0, 0.05) is 28.8 Å². The molecular weight excluding hydrogens is 396 g/mol. The van der Waals surface area contributed by atoms with Crippen molar-refractivity contribution >= 4 is 33.4 Å². The Kier molecular flexibility index (Phi) is 5.93. The summed E-state index contributed by atoms with van der Waals surface area (Å²) in [5, 5.41) is 2.78. The molecule has 0 aliphatic carbocycles. The van der Waals surface area contributed by atoms with Crippen molar-refractivity contribution in [2.75, 3.05) is 25.0 Å². The zero-order valence-corrected chi connectivity index (χ0v) is 16.2. The molecule has 1 N–H and O–H groups in total. The van der Waals surface area contributed by atoms with Crippen LogP contribution in [0.5, 0.6) is 5.75 Å². The van der Waals surface area contributed by atoms with Gasteiger partial charge in [0.15, 0.2) is 6.61 Å². The Morgan fingerprint density at radius 3 is 2.46 bits per heavy atom. The van der Waals surface area contributed by atoms with Crippen LogP contribution < -0.4 is 10.1 Å². The van der Waals surface area contributed by atoms with E-state index in [-0.39, 0.29) is 18.4 Å². The smallest absolute Gasteiger partial charge is 0.262 e. The van der Waals surface area contributed by atoms with Crippen molar-refractivity contribution < 1.29 is 14.3 Å². The molecular formula is C20H21BrN2O3. The molecule has 2 aromatic rings. The average Bonchev–Trinajstić information content (AvgIpc) is 3.17. The molecule has 26 heavy (non-hydrogen) atoms. The Balaban J connectivity index is 1.52. The molecule has 1 fully saturated rings. The Morgan fingerprint density at radius 1 is 1.12 bits per heavy atom. The summed E-state index contributed by atoms with van der Waals surface area (Å²) < 4.78 is 6.51. The minimum atomic E-state index is -0.246. The first-order chi connectivity index (χ1) is 12.5. The van der Waals surface area contributed by atoms with E-state index in [1.54, 1.807) is 24.3 Å². The van der Waals surface area contributed by atoms with Crippen LogP contribution in [0.1, 0.15) is 28.8 Å². The molecule has 0 saturated carbocycles. The number of ether oxygens (including phenoxy) is 1. The summed E-state index contributed by atoms with van der Waals surface area (Å²) >= 11 is 3.43. The number of nitrogens with zero attached hydrogens (tertiary/aromatic N) is 1. The number of likely N-dealkylation sites (tertiary alicyclic amines) is 1. The van der Waals surface area contributed by atoms with Gasteiger partial charge in [-0.25, -0.2) is 0 Å². The number of carbonyl (C=O) groups excluding carboxylic acids is 2. The Hall–Kier alpha value is -2.34. The maximum Gasteiger partial charge on any atom is 0.262 e. The zero-order valence-electron chi connectivity index (χ0n) is 14.6. The minimum absolute atomic E-state index is 0.0503. The normalized spacial score (nSPS) is 13.5. The summed E-state index contributed by atoms with van der Waals surface area (Å²) in [4.78, 5) is 26.2. The predicted molar refractivity (Wildman–Crippen MR) is 105 cm³/mol. The van der Waals surface area contributed by atoms with Crippen molar-refractivity contribution in [1.82, 2.24) is 4.90 Å². The first-order valence-electron chi connectivity index (χ1n) is 8.61. The van der Waals surface area contributed by atoms with Gasteiger partial charge in [-0.2, -0.15) is 0 Å². The van der Waals surface area contributed by atoms with Gasteiger partial charge in [0.1, 0.15) is 5.75 Å². The van der Waals surface area contributed by atoms with Gasteiger partial charge in [0.05, 0.1) is 0 Å². The maximum atomic E-state index is 12.3. The molecule has 0 unspecified atom stereocenters. The van der Waals surface area contributed by atoms with Crippen molar-refractivity contribution in [2.45, 2.75) is 19.8 Å². The molecule has 1 saturated heterocycles. The summed E-state index contributed by atoms with van der Waals surface area (Å²) in [6, 6.07) is 12.5. The van der Waals surface area contributed by atoms with Crippen LogP contribution >= 0.6 is 15.9 Å². The fraction of sp³-hybridized carbons (Fsp3) is 0.300. The van der Waals surface area contributed by atoms with Crippen LogP contribution in [0.15, 0.2) is 46.9 Å². The summed E-state index contributed by atoms with van der Waals surface area (Å²) in [6.07, 6.45) is 2.13.